The molecule has 4 aliphatic heterocycles. The second-order valence-electron chi connectivity index (χ2n) is 11.3. The van der Waals surface area contributed by atoms with Gasteiger partial charge >= 0.3 is 23.9 Å². The third-order valence-corrected chi connectivity index (χ3v) is 9.71. The van der Waals surface area contributed by atoms with Crippen molar-refractivity contribution in [2.24, 2.45) is 17.3 Å². The maximum Gasteiger partial charge on any atom is 0.312 e. The molecular weight excluding hydrogens is 524 g/mol. The Bertz CT molecular complexity index is 1090. The molecule has 1 N–H and O–H groups in total. The fraction of sp³-hybridized carbons (Fsp3) is 0.769. The molecule has 5 rings (SSSR count). The lowest BCUT2D eigenvalue weighted by Gasteiger charge is -2.62. The molecule has 12 unspecified atom stereocenters. The number of carbonyl (C=O) groups is 4. The quantitative estimate of drug-likeness (QED) is 0.176. The minimum absolute atomic E-state index is 0.226. The molecule has 0 amide bonds. The number of carbonyl (C=O) groups excluding carboxylic acids is 4. The summed E-state index contributed by atoms with van der Waals surface area (Å²) in [5, 5.41) is 11.4. The van der Waals surface area contributed by atoms with E-state index in [1.54, 1.807) is 13.8 Å². The Labute approximate surface area is 225 Å². The largest absolute Gasteiger partial charge is 0.462 e. The van der Waals surface area contributed by atoms with Gasteiger partial charge in [0.15, 0.2) is 18.3 Å². The van der Waals surface area contributed by atoms with E-state index in [0.717, 1.165) is 0 Å². The van der Waals surface area contributed by atoms with Gasteiger partial charge in [0.05, 0.1) is 35.0 Å². The topological polar surface area (TPSA) is 147 Å². The molecule has 5 fully saturated rings. The molecule has 0 aromatic carbocycles. The monoisotopic (exact) mass is 556 g/mol. The third-order valence-electron chi connectivity index (χ3n) is 9.20. The summed E-state index contributed by atoms with van der Waals surface area (Å²) in [7, 11) is 0. The maximum absolute atomic E-state index is 13.0. The van der Waals surface area contributed by atoms with Crippen LogP contribution in [-0.4, -0.2) is 88.8 Å². The van der Waals surface area contributed by atoms with E-state index in [1.807, 2.05) is 0 Å². The zero-order valence-corrected chi connectivity index (χ0v) is 22.7. The van der Waals surface area contributed by atoms with Gasteiger partial charge in [-0.3, -0.25) is 19.2 Å². The second kappa shape index (κ2) is 8.90. The van der Waals surface area contributed by atoms with E-state index < -0.39 is 94.3 Å². The molecule has 2 spiro atoms. The highest BCUT2D eigenvalue weighted by Gasteiger charge is 2.79. The molecule has 11 nitrogen and oxygen atoms in total. The van der Waals surface area contributed by atoms with Crippen LogP contribution in [0.3, 0.4) is 0 Å². The van der Waals surface area contributed by atoms with E-state index >= 15 is 0 Å². The van der Waals surface area contributed by atoms with Gasteiger partial charge in [-0.05, 0) is 25.3 Å². The van der Waals surface area contributed by atoms with E-state index in [2.05, 4.69) is 6.58 Å². The van der Waals surface area contributed by atoms with Crippen molar-refractivity contribution in [1.29, 1.82) is 0 Å². The predicted molar refractivity (Wildman–Crippen MR) is 128 cm³/mol. The van der Waals surface area contributed by atoms with Crippen molar-refractivity contribution >= 4 is 35.5 Å². The van der Waals surface area contributed by atoms with Crippen LogP contribution in [0.25, 0.3) is 0 Å². The van der Waals surface area contributed by atoms with Crippen LogP contribution < -0.4 is 0 Å². The van der Waals surface area contributed by atoms with E-state index in [0.29, 0.717) is 12.8 Å². The summed E-state index contributed by atoms with van der Waals surface area (Å²) in [6.45, 7) is 11.3. The first-order valence-corrected chi connectivity index (χ1v) is 13.2. The third kappa shape index (κ3) is 3.65. The molecule has 12 heteroatoms. The van der Waals surface area contributed by atoms with Crippen LogP contribution in [0.15, 0.2) is 12.2 Å². The number of hydrogen-bond acceptors (Lipinski definition) is 11. The lowest BCUT2D eigenvalue weighted by molar-refractivity contribution is -0.306. The second-order valence-corrected chi connectivity index (χ2v) is 11.8. The lowest BCUT2D eigenvalue weighted by atomic mass is 9.51. The number of ether oxygens (including phenoxy) is 6. The number of aliphatic hydroxyl groups excluding tert-OH is 1. The predicted octanol–water partition coefficient (Wildman–Crippen LogP) is 1.20. The number of halogens is 1. The molecule has 38 heavy (non-hydrogen) atoms. The standard InChI is InChI=1S/C26H33ClO11/c1-10-16(27)21-26(11(2)23(32)37-21)20(31)19-24(6,15(34-12(3)28)7-8-25(19)9-33-25)22(36-14(5)30)18(17(10)38-26)35-13(4)29/h11,15-22,31H,1,7-9H2,2-6H3. The average Bonchev–Trinajstić information content (AvgIpc) is 3.54. The van der Waals surface area contributed by atoms with Crippen LogP contribution in [0.1, 0.15) is 47.5 Å². The van der Waals surface area contributed by atoms with Crippen molar-refractivity contribution in [3.63, 3.8) is 0 Å². The number of hydrogen-bond donors (Lipinski definition) is 1. The average molecular weight is 557 g/mol. The van der Waals surface area contributed by atoms with E-state index in [9.17, 15) is 24.3 Å². The van der Waals surface area contributed by atoms with Gasteiger partial charge < -0.3 is 33.5 Å². The Morgan fingerprint density at radius 1 is 1.11 bits per heavy atom. The Kier molecular flexibility index (Phi) is 6.41. The Morgan fingerprint density at radius 3 is 2.26 bits per heavy atom. The van der Waals surface area contributed by atoms with E-state index in [4.69, 9.17) is 40.0 Å². The van der Waals surface area contributed by atoms with Crippen molar-refractivity contribution in [3.05, 3.63) is 12.2 Å². The summed E-state index contributed by atoms with van der Waals surface area (Å²) in [5.41, 5.74) is -3.72. The highest BCUT2D eigenvalue weighted by Crippen LogP contribution is 2.64. The minimum atomic E-state index is -1.68. The smallest absolute Gasteiger partial charge is 0.312 e. The van der Waals surface area contributed by atoms with Crippen LogP contribution in [-0.2, 0) is 47.6 Å². The van der Waals surface area contributed by atoms with Gasteiger partial charge in [0.2, 0.25) is 0 Å². The van der Waals surface area contributed by atoms with Crippen molar-refractivity contribution in [2.75, 3.05) is 6.61 Å². The molecule has 4 heterocycles. The SMILES string of the molecule is C=C1C(Cl)C2OC(=O)C(C)C23OC1C(OC(C)=O)C(OC(C)=O)C1(C)C(OC(C)=O)CCC2(CO2)C1C3O. The highest BCUT2D eigenvalue weighted by molar-refractivity contribution is 6.23. The van der Waals surface area contributed by atoms with Crippen molar-refractivity contribution in [2.45, 2.75) is 101 Å². The molecule has 1 aliphatic carbocycles. The van der Waals surface area contributed by atoms with Gasteiger partial charge in [0.25, 0.3) is 0 Å². The first-order valence-electron chi connectivity index (χ1n) is 12.8. The first kappa shape index (κ1) is 27.4. The number of rotatable bonds is 3. The number of aliphatic hydroxyl groups is 1. The number of fused-ring (bicyclic) bond motifs is 3. The normalized spacial score (nSPS) is 49.1. The fourth-order valence-corrected chi connectivity index (χ4v) is 7.86. The molecule has 0 aromatic heterocycles. The highest BCUT2D eigenvalue weighted by atomic mass is 35.5. The van der Waals surface area contributed by atoms with Gasteiger partial charge in [0.1, 0.15) is 17.8 Å². The molecule has 0 radical (unpaired) electrons. The van der Waals surface area contributed by atoms with Crippen LogP contribution in [0, 0.1) is 17.3 Å². The molecule has 4 saturated heterocycles. The summed E-state index contributed by atoms with van der Waals surface area (Å²) in [5.74, 6) is -4.47. The number of epoxide rings is 1. The zero-order valence-electron chi connectivity index (χ0n) is 21.9. The lowest BCUT2D eigenvalue weighted by Crippen LogP contribution is -2.76. The Balaban J connectivity index is 1.80. The molecule has 210 valence electrons. The number of esters is 4. The summed E-state index contributed by atoms with van der Waals surface area (Å²) >= 11 is 6.82. The van der Waals surface area contributed by atoms with Gasteiger partial charge in [0, 0.05) is 26.7 Å². The fourth-order valence-electron chi connectivity index (χ4n) is 7.49. The van der Waals surface area contributed by atoms with Crippen molar-refractivity contribution < 1.29 is 52.7 Å². The summed E-state index contributed by atoms with van der Waals surface area (Å²) < 4.78 is 35.7. The van der Waals surface area contributed by atoms with Gasteiger partial charge in [-0.1, -0.05) is 13.5 Å². The summed E-state index contributed by atoms with van der Waals surface area (Å²) in [6, 6.07) is 0. The van der Waals surface area contributed by atoms with Crippen LogP contribution in [0.4, 0.5) is 0 Å². The van der Waals surface area contributed by atoms with Crippen LogP contribution in [0.5, 0.6) is 0 Å². The van der Waals surface area contributed by atoms with E-state index in [-0.39, 0.29) is 12.2 Å². The Hall–Kier alpha value is -2.21. The molecular formula is C26H33ClO11. The van der Waals surface area contributed by atoms with Gasteiger partial charge in [-0.15, -0.1) is 11.6 Å². The zero-order chi connectivity index (χ0) is 27.9. The molecule has 1 saturated carbocycles. The molecule has 2 bridgehead atoms. The van der Waals surface area contributed by atoms with Gasteiger partial charge in [-0.2, -0.15) is 0 Å². The summed E-state index contributed by atoms with van der Waals surface area (Å²) in [4.78, 5) is 50.2. The number of alkyl halides is 1. The summed E-state index contributed by atoms with van der Waals surface area (Å²) in [6.07, 6.45) is -6.47. The Morgan fingerprint density at radius 2 is 1.71 bits per heavy atom. The first-order chi connectivity index (χ1) is 17.7. The van der Waals surface area contributed by atoms with E-state index in [1.165, 1.54) is 20.8 Å². The minimum Gasteiger partial charge on any atom is -0.462 e. The van der Waals surface area contributed by atoms with Crippen LogP contribution in [0.2, 0.25) is 0 Å². The molecule has 12 atom stereocenters. The maximum atomic E-state index is 13.0. The molecule has 0 aromatic rings. The van der Waals surface area contributed by atoms with Crippen LogP contribution >= 0.6 is 11.6 Å². The van der Waals surface area contributed by atoms with Crippen molar-refractivity contribution in [3.8, 4) is 0 Å². The molecule has 5 aliphatic rings. The van der Waals surface area contributed by atoms with Gasteiger partial charge in [-0.25, -0.2) is 0 Å². The van der Waals surface area contributed by atoms with Crippen molar-refractivity contribution in [1.82, 2.24) is 0 Å².